The van der Waals surface area contributed by atoms with Gasteiger partial charge in [0.2, 0.25) is 0 Å². The maximum Gasteiger partial charge on any atom is 0.145 e. The summed E-state index contributed by atoms with van der Waals surface area (Å²) in [5, 5.41) is 0.157. The summed E-state index contributed by atoms with van der Waals surface area (Å²) < 4.78 is 19.3. The van der Waals surface area contributed by atoms with Crippen molar-refractivity contribution in [2.24, 2.45) is 17.8 Å². The molecule has 3 rings (SSSR count). The van der Waals surface area contributed by atoms with E-state index in [0.717, 1.165) is 11.8 Å². The van der Waals surface area contributed by atoms with Crippen LogP contribution in [0.5, 0.6) is 5.75 Å². The topological polar surface area (TPSA) is 9.23 Å². The molecule has 25 heavy (non-hydrogen) atoms. The highest BCUT2D eigenvalue weighted by atomic mass is 35.5. The first-order chi connectivity index (χ1) is 12.2. The van der Waals surface area contributed by atoms with Gasteiger partial charge in [0, 0.05) is 14.9 Å². The van der Waals surface area contributed by atoms with E-state index in [2.05, 4.69) is 6.92 Å². The summed E-state index contributed by atoms with van der Waals surface area (Å²) in [4.78, 5) is 0. The molecular weight excluding hydrogens is 351 g/mol. The monoisotopic (exact) mass is 382 g/mol. The predicted molar refractivity (Wildman–Crippen MR) is 107 cm³/mol. The fraction of sp³-hybridized carbons (Fsp3) is 0.714. The molecule has 1 saturated carbocycles. The van der Waals surface area contributed by atoms with Crippen LogP contribution in [0.4, 0.5) is 4.39 Å². The number of halogens is 2. The molecule has 2 fully saturated rings. The summed E-state index contributed by atoms with van der Waals surface area (Å²) in [7, 11) is -0.345. The minimum absolute atomic E-state index is 0.157. The van der Waals surface area contributed by atoms with Crippen LogP contribution in [0.15, 0.2) is 18.2 Å². The molecule has 2 aliphatic rings. The lowest BCUT2D eigenvalue weighted by Gasteiger charge is -2.37. The Morgan fingerprint density at radius 3 is 2.40 bits per heavy atom. The molecule has 0 radical (unpaired) electrons. The molecule has 1 aromatic rings. The van der Waals surface area contributed by atoms with Crippen molar-refractivity contribution < 1.29 is 9.13 Å². The zero-order valence-electron chi connectivity index (χ0n) is 15.5. The van der Waals surface area contributed by atoms with E-state index in [1.54, 1.807) is 30.3 Å². The highest BCUT2D eigenvalue weighted by Crippen LogP contribution is 2.41. The molecule has 1 aromatic carbocycles. The molecule has 0 bridgehead atoms. The molecule has 1 nitrogen and oxygen atoms in total. The first kappa shape index (κ1) is 19.2. The van der Waals surface area contributed by atoms with Gasteiger partial charge in [-0.3, -0.25) is 0 Å². The van der Waals surface area contributed by atoms with Crippen LogP contribution in [-0.2, 0) is 0 Å². The first-order valence-electron chi connectivity index (χ1n) is 10.2. The van der Waals surface area contributed by atoms with E-state index in [4.69, 9.17) is 16.3 Å². The van der Waals surface area contributed by atoms with Gasteiger partial charge in [-0.05, 0) is 55.6 Å². The SMILES string of the molecule is CCC[SiH]1CCC(C2CCC(COc3ccc(Cl)c(F)c3)CC2)CC1. The average molecular weight is 383 g/mol. The van der Waals surface area contributed by atoms with Gasteiger partial charge in [-0.25, -0.2) is 4.39 Å². The molecule has 1 saturated heterocycles. The van der Waals surface area contributed by atoms with E-state index in [-0.39, 0.29) is 13.8 Å². The lowest BCUT2D eigenvalue weighted by atomic mass is 9.74. The zero-order chi connectivity index (χ0) is 17.6. The van der Waals surface area contributed by atoms with Gasteiger partial charge in [-0.2, -0.15) is 0 Å². The minimum Gasteiger partial charge on any atom is -0.493 e. The molecule has 1 aliphatic carbocycles. The second-order valence-electron chi connectivity index (χ2n) is 8.24. The van der Waals surface area contributed by atoms with E-state index in [1.807, 2.05) is 0 Å². The lowest BCUT2D eigenvalue weighted by molar-refractivity contribution is 0.148. The Morgan fingerprint density at radius 2 is 1.76 bits per heavy atom. The third-order valence-corrected chi connectivity index (χ3v) is 10.5. The maximum absolute atomic E-state index is 13.5. The maximum atomic E-state index is 13.5. The summed E-state index contributed by atoms with van der Waals surface area (Å²) in [5.41, 5.74) is 0. The Balaban J connectivity index is 1.38. The molecule has 0 aromatic heterocycles. The standard InChI is InChI=1S/C21H32ClFOSi/c1-2-11-25-12-9-18(10-13-25)17-5-3-16(4-6-17)15-24-19-7-8-20(22)21(23)14-19/h7-8,14,16-18,25H,2-6,9-13,15H2,1H3. The van der Waals surface area contributed by atoms with Crippen molar-refractivity contribution in [3.8, 4) is 5.75 Å². The third kappa shape index (κ3) is 5.46. The summed E-state index contributed by atoms with van der Waals surface area (Å²) in [5.74, 6) is 2.79. The molecule has 1 aliphatic heterocycles. The van der Waals surface area contributed by atoms with Crippen LogP contribution >= 0.6 is 11.6 Å². The fourth-order valence-electron chi connectivity index (χ4n) is 4.96. The first-order valence-corrected chi connectivity index (χ1v) is 13.1. The van der Waals surface area contributed by atoms with Crippen molar-refractivity contribution in [1.82, 2.24) is 0 Å². The molecule has 1 heterocycles. The van der Waals surface area contributed by atoms with E-state index >= 15 is 0 Å². The van der Waals surface area contributed by atoms with Crippen molar-refractivity contribution in [3.63, 3.8) is 0 Å². The summed E-state index contributed by atoms with van der Waals surface area (Å²) >= 11 is 5.72. The van der Waals surface area contributed by atoms with Crippen LogP contribution in [-0.4, -0.2) is 15.4 Å². The normalized spacial score (nSPS) is 30.2. The second-order valence-corrected chi connectivity index (χ2v) is 12.1. The Kier molecular flexibility index (Phi) is 7.24. The Labute approximate surface area is 158 Å². The molecule has 0 N–H and O–H groups in total. The highest BCUT2D eigenvalue weighted by Gasteiger charge is 2.31. The number of hydrogen-bond donors (Lipinski definition) is 0. The Bertz CT molecular complexity index is 537. The van der Waals surface area contributed by atoms with Crippen LogP contribution in [0.2, 0.25) is 23.2 Å². The van der Waals surface area contributed by atoms with Gasteiger partial charge in [0.1, 0.15) is 11.6 Å². The fourth-order valence-corrected chi connectivity index (χ4v) is 8.56. The van der Waals surface area contributed by atoms with Gasteiger partial charge >= 0.3 is 0 Å². The van der Waals surface area contributed by atoms with E-state index in [9.17, 15) is 4.39 Å². The van der Waals surface area contributed by atoms with Crippen LogP contribution in [0.25, 0.3) is 0 Å². The third-order valence-electron chi connectivity index (χ3n) is 6.52. The number of hydrogen-bond acceptors (Lipinski definition) is 1. The van der Waals surface area contributed by atoms with Gasteiger partial charge in [0.25, 0.3) is 0 Å². The molecule has 0 atom stereocenters. The molecule has 4 heteroatoms. The van der Waals surface area contributed by atoms with E-state index in [1.165, 1.54) is 51.0 Å². The van der Waals surface area contributed by atoms with Crippen molar-refractivity contribution >= 4 is 20.4 Å². The van der Waals surface area contributed by atoms with Crippen LogP contribution in [0.1, 0.15) is 51.9 Å². The quantitative estimate of drug-likeness (QED) is 0.496. The Morgan fingerprint density at radius 1 is 1.08 bits per heavy atom. The molecule has 0 unspecified atom stereocenters. The van der Waals surface area contributed by atoms with Crippen molar-refractivity contribution in [2.75, 3.05) is 6.61 Å². The predicted octanol–water partition coefficient (Wildman–Crippen LogP) is 6.71. The van der Waals surface area contributed by atoms with Crippen molar-refractivity contribution in [1.29, 1.82) is 0 Å². The minimum atomic E-state index is -0.398. The molecule has 0 spiro atoms. The van der Waals surface area contributed by atoms with Crippen molar-refractivity contribution in [2.45, 2.75) is 70.0 Å². The Hall–Kier alpha value is -0.543. The second kappa shape index (κ2) is 9.41. The number of ether oxygens (including phenoxy) is 1. The highest BCUT2D eigenvalue weighted by molar-refractivity contribution is 6.58. The molecular formula is C21H32ClFOSi. The smallest absolute Gasteiger partial charge is 0.145 e. The van der Waals surface area contributed by atoms with Crippen LogP contribution in [0.3, 0.4) is 0 Å². The van der Waals surface area contributed by atoms with Gasteiger partial charge in [0.15, 0.2) is 0 Å². The molecule has 0 amide bonds. The summed E-state index contributed by atoms with van der Waals surface area (Å²) in [6.07, 6.45) is 9.73. The van der Waals surface area contributed by atoms with E-state index < -0.39 is 5.82 Å². The van der Waals surface area contributed by atoms with Gasteiger partial charge < -0.3 is 4.74 Å². The molecule has 140 valence electrons. The van der Waals surface area contributed by atoms with Crippen LogP contribution in [0, 0.1) is 23.6 Å². The summed E-state index contributed by atoms with van der Waals surface area (Å²) in [6, 6.07) is 9.50. The van der Waals surface area contributed by atoms with Gasteiger partial charge in [-0.15, -0.1) is 0 Å². The number of benzene rings is 1. The van der Waals surface area contributed by atoms with E-state index in [0.29, 0.717) is 18.3 Å². The van der Waals surface area contributed by atoms with Gasteiger partial charge in [-0.1, -0.05) is 55.9 Å². The number of rotatable bonds is 6. The van der Waals surface area contributed by atoms with Crippen LogP contribution < -0.4 is 4.74 Å². The largest absolute Gasteiger partial charge is 0.493 e. The summed E-state index contributed by atoms with van der Waals surface area (Å²) in [6.45, 7) is 3.06. The van der Waals surface area contributed by atoms with Gasteiger partial charge in [0.05, 0.1) is 11.6 Å². The zero-order valence-corrected chi connectivity index (χ0v) is 17.4. The average Bonchev–Trinajstić information content (AvgIpc) is 2.64. The lowest BCUT2D eigenvalue weighted by Crippen LogP contribution is -2.29. The van der Waals surface area contributed by atoms with Crippen molar-refractivity contribution in [3.05, 3.63) is 29.0 Å².